The standard InChI is InChI=1S/C18H19FN2O3S2/c19-13-5-3-12(4-6-13)18(22)20-14-10-15-7-8-16(11-14)21(15)26(23,24)17-2-1-9-25-17/h1-6,9,14-16H,7-8,10-11H2,(H,20,22)/t14?,15-,16+. The summed E-state index contributed by atoms with van der Waals surface area (Å²) < 4.78 is 40.8. The minimum Gasteiger partial charge on any atom is -0.349 e. The van der Waals surface area contributed by atoms with E-state index in [-0.39, 0.29) is 29.8 Å². The Bertz CT molecular complexity index is 883. The van der Waals surface area contributed by atoms with Gasteiger partial charge in [0.25, 0.3) is 15.9 Å². The van der Waals surface area contributed by atoms with Crippen LogP contribution >= 0.6 is 11.3 Å². The molecule has 2 bridgehead atoms. The van der Waals surface area contributed by atoms with Gasteiger partial charge in [-0.05, 0) is 61.4 Å². The summed E-state index contributed by atoms with van der Waals surface area (Å²) in [5.74, 6) is -0.629. The number of hydrogen-bond acceptors (Lipinski definition) is 4. The van der Waals surface area contributed by atoms with Crippen molar-refractivity contribution >= 4 is 27.3 Å². The Morgan fingerprint density at radius 1 is 1.12 bits per heavy atom. The maximum Gasteiger partial charge on any atom is 0.253 e. The maximum atomic E-state index is 13.0. The lowest BCUT2D eigenvalue weighted by molar-refractivity contribution is 0.0909. The average molecular weight is 394 g/mol. The zero-order chi connectivity index (χ0) is 18.3. The van der Waals surface area contributed by atoms with Gasteiger partial charge in [-0.3, -0.25) is 4.79 Å². The van der Waals surface area contributed by atoms with Crippen molar-refractivity contribution in [2.24, 2.45) is 0 Å². The Morgan fingerprint density at radius 2 is 1.77 bits per heavy atom. The highest BCUT2D eigenvalue weighted by atomic mass is 32.2. The van der Waals surface area contributed by atoms with Crippen LogP contribution in [-0.2, 0) is 10.0 Å². The Morgan fingerprint density at radius 3 is 2.35 bits per heavy atom. The number of carbonyl (C=O) groups is 1. The Kier molecular flexibility index (Phi) is 4.58. The van der Waals surface area contributed by atoms with Gasteiger partial charge in [0.15, 0.2) is 0 Å². The number of thiophene rings is 1. The molecule has 2 saturated heterocycles. The second kappa shape index (κ2) is 6.75. The van der Waals surface area contributed by atoms with Gasteiger partial charge >= 0.3 is 0 Å². The highest BCUT2D eigenvalue weighted by molar-refractivity contribution is 7.91. The number of amides is 1. The molecule has 0 aliphatic carbocycles. The normalized spacial score (nSPS) is 26.0. The first kappa shape index (κ1) is 17.6. The number of fused-ring (bicyclic) bond motifs is 2. The van der Waals surface area contributed by atoms with Gasteiger partial charge in [-0.2, -0.15) is 4.31 Å². The van der Waals surface area contributed by atoms with Crippen molar-refractivity contribution in [1.29, 1.82) is 0 Å². The van der Waals surface area contributed by atoms with E-state index >= 15 is 0 Å². The molecular weight excluding hydrogens is 375 g/mol. The molecule has 2 aliphatic heterocycles. The first-order valence-electron chi connectivity index (χ1n) is 8.58. The fourth-order valence-corrected chi connectivity index (χ4v) is 7.01. The number of hydrogen-bond donors (Lipinski definition) is 1. The van der Waals surface area contributed by atoms with Gasteiger partial charge in [0.05, 0.1) is 0 Å². The van der Waals surface area contributed by atoms with E-state index in [4.69, 9.17) is 0 Å². The smallest absolute Gasteiger partial charge is 0.253 e. The van der Waals surface area contributed by atoms with Crippen LogP contribution in [-0.4, -0.2) is 36.8 Å². The summed E-state index contributed by atoms with van der Waals surface area (Å²) >= 11 is 1.24. The van der Waals surface area contributed by atoms with E-state index in [1.165, 1.54) is 35.6 Å². The lowest BCUT2D eigenvalue weighted by atomic mass is 9.99. The first-order valence-corrected chi connectivity index (χ1v) is 10.9. The Labute approximate surface area is 155 Å². The fourth-order valence-electron chi connectivity index (χ4n) is 4.03. The molecule has 4 rings (SSSR count). The van der Waals surface area contributed by atoms with Crippen molar-refractivity contribution in [3.8, 4) is 0 Å². The summed E-state index contributed by atoms with van der Waals surface area (Å²) in [6.45, 7) is 0. The Hall–Kier alpha value is -1.77. The number of nitrogens with one attached hydrogen (secondary N) is 1. The molecule has 1 aromatic heterocycles. The van der Waals surface area contributed by atoms with E-state index in [0.717, 1.165) is 12.8 Å². The molecule has 8 heteroatoms. The maximum absolute atomic E-state index is 13.0. The molecule has 0 saturated carbocycles. The van der Waals surface area contributed by atoms with E-state index in [1.54, 1.807) is 21.8 Å². The first-order chi connectivity index (χ1) is 12.4. The molecule has 1 amide bonds. The second-order valence-corrected chi connectivity index (χ2v) is 9.82. The molecule has 2 aliphatic rings. The third-order valence-corrected chi connectivity index (χ3v) is 8.51. The third-order valence-electron chi connectivity index (χ3n) is 5.13. The minimum atomic E-state index is -3.47. The van der Waals surface area contributed by atoms with Crippen LogP contribution in [0.4, 0.5) is 4.39 Å². The molecule has 1 N–H and O–H groups in total. The lowest BCUT2D eigenvalue weighted by Crippen LogP contribution is -2.52. The van der Waals surface area contributed by atoms with Crippen molar-refractivity contribution in [2.75, 3.05) is 0 Å². The third kappa shape index (κ3) is 3.17. The van der Waals surface area contributed by atoms with Gasteiger partial charge in [0, 0.05) is 23.7 Å². The highest BCUT2D eigenvalue weighted by Crippen LogP contribution is 2.40. The zero-order valence-corrected chi connectivity index (χ0v) is 15.6. The predicted molar refractivity (Wildman–Crippen MR) is 97.0 cm³/mol. The summed E-state index contributed by atoms with van der Waals surface area (Å²) in [7, 11) is -3.47. The Balaban J connectivity index is 1.47. The summed E-state index contributed by atoms with van der Waals surface area (Å²) in [4.78, 5) is 12.4. The number of rotatable bonds is 4. The SMILES string of the molecule is O=C(NC1C[C@H]2CC[C@@H](C1)N2S(=O)(=O)c1cccs1)c1ccc(F)cc1. The topological polar surface area (TPSA) is 66.5 Å². The number of sulfonamides is 1. The molecule has 2 fully saturated rings. The largest absolute Gasteiger partial charge is 0.349 e. The highest BCUT2D eigenvalue weighted by Gasteiger charge is 2.47. The van der Waals surface area contributed by atoms with E-state index in [9.17, 15) is 17.6 Å². The fraction of sp³-hybridized carbons (Fsp3) is 0.389. The van der Waals surface area contributed by atoms with Gasteiger partial charge in [-0.15, -0.1) is 11.3 Å². The van der Waals surface area contributed by atoms with Crippen LogP contribution in [0.2, 0.25) is 0 Å². The molecular formula is C18H19FN2O3S2. The quantitative estimate of drug-likeness (QED) is 0.867. The summed E-state index contributed by atoms with van der Waals surface area (Å²) in [5.41, 5.74) is 0.410. The molecule has 2 aromatic rings. The van der Waals surface area contributed by atoms with Crippen molar-refractivity contribution in [3.05, 3.63) is 53.2 Å². The number of halogens is 1. The summed E-state index contributed by atoms with van der Waals surface area (Å²) in [6.07, 6.45) is 2.85. The van der Waals surface area contributed by atoms with Crippen LogP contribution in [0.25, 0.3) is 0 Å². The van der Waals surface area contributed by atoms with Gasteiger partial charge in [-0.25, -0.2) is 12.8 Å². The number of benzene rings is 1. The van der Waals surface area contributed by atoms with Crippen LogP contribution in [0.5, 0.6) is 0 Å². The molecule has 5 nitrogen and oxygen atoms in total. The van der Waals surface area contributed by atoms with Crippen LogP contribution in [0.1, 0.15) is 36.0 Å². The number of nitrogens with zero attached hydrogens (tertiary/aromatic N) is 1. The molecule has 1 aromatic carbocycles. The molecule has 1 unspecified atom stereocenters. The van der Waals surface area contributed by atoms with Crippen LogP contribution in [0, 0.1) is 5.82 Å². The second-order valence-electron chi connectivity index (χ2n) is 6.80. The van der Waals surface area contributed by atoms with E-state index in [1.807, 2.05) is 0 Å². The average Bonchev–Trinajstić information content (AvgIpc) is 3.23. The van der Waals surface area contributed by atoms with Crippen molar-refractivity contribution in [1.82, 2.24) is 9.62 Å². The monoisotopic (exact) mass is 394 g/mol. The number of carbonyl (C=O) groups excluding carboxylic acids is 1. The zero-order valence-electron chi connectivity index (χ0n) is 14.0. The van der Waals surface area contributed by atoms with Gasteiger partial charge in [0.1, 0.15) is 10.0 Å². The number of piperidine rings is 1. The molecule has 0 radical (unpaired) electrons. The van der Waals surface area contributed by atoms with E-state index < -0.39 is 10.0 Å². The lowest BCUT2D eigenvalue weighted by Gasteiger charge is -2.37. The van der Waals surface area contributed by atoms with E-state index in [2.05, 4.69) is 5.32 Å². The minimum absolute atomic E-state index is 0.0696. The molecule has 3 heterocycles. The predicted octanol–water partition coefficient (Wildman–Crippen LogP) is 3.00. The van der Waals surface area contributed by atoms with Crippen LogP contribution < -0.4 is 5.32 Å². The molecule has 138 valence electrons. The molecule has 26 heavy (non-hydrogen) atoms. The van der Waals surface area contributed by atoms with Crippen LogP contribution in [0.15, 0.2) is 46.0 Å². The van der Waals surface area contributed by atoms with Gasteiger partial charge in [-0.1, -0.05) is 6.07 Å². The van der Waals surface area contributed by atoms with Gasteiger partial charge in [0.2, 0.25) is 0 Å². The van der Waals surface area contributed by atoms with Crippen molar-refractivity contribution < 1.29 is 17.6 Å². The molecule has 0 spiro atoms. The van der Waals surface area contributed by atoms with Gasteiger partial charge < -0.3 is 5.32 Å². The summed E-state index contributed by atoms with van der Waals surface area (Å²) in [6, 6.07) is 8.57. The summed E-state index contributed by atoms with van der Waals surface area (Å²) in [5, 5.41) is 4.75. The van der Waals surface area contributed by atoms with Crippen LogP contribution in [0.3, 0.4) is 0 Å². The van der Waals surface area contributed by atoms with Crippen molar-refractivity contribution in [2.45, 2.75) is 48.0 Å². The van der Waals surface area contributed by atoms with E-state index in [0.29, 0.717) is 22.6 Å². The van der Waals surface area contributed by atoms with Crippen molar-refractivity contribution in [3.63, 3.8) is 0 Å². The molecule has 3 atom stereocenters.